The molecule has 0 radical (unpaired) electrons. The smallest absolute Gasteiger partial charge is 0.423 e. The number of hydrogen-bond donors (Lipinski definition) is 0. The van der Waals surface area contributed by atoms with Crippen molar-refractivity contribution in [2.75, 3.05) is 18.1 Å². The summed E-state index contributed by atoms with van der Waals surface area (Å²) in [6.07, 6.45) is -3.80. The molecule has 0 saturated carbocycles. The molecule has 1 heterocycles. The zero-order valence-electron chi connectivity index (χ0n) is 14.1. The lowest BCUT2D eigenvalue weighted by Gasteiger charge is -2.23. The van der Waals surface area contributed by atoms with Gasteiger partial charge in [0.1, 0.15) is 5.56 Å². The van der Waals surface area contributed by atoms with Crippen molar-refractivity contribution >= 4 is 27.6 Å². The van der Waals surface area contributed by atoms with Crippen LogP contribution in [-0.4, -0.2) is 23.1 Å². The van der Waals surface area contributed by atoms with Gasteiger partial charge in [0.2, 0.25) is 11.8 Å². The molecule has 0 fully saturated rings. The molecule has 2 rings (SSSR count). The van der Waals surface area contributed by atoms with Crippen LogP contribution in [0, 0.1) is 5.92 Å². The highest BCUT2D eigenvalue weighted by atomic mass is 79.9. The van der Waals surface area contributed by atoms with Crippen LogP contribution >= 0.6 is 15.9 Å². The van der Waals surface area contributed by atoms with Gasteiger partial charge in [-0.3, -0.25) is 0 Å². The van der Waals surface area contributed by atoms with Crippen molar-refractivity contribution in [2.24, 2.45) is 5.92 Å². The van der Waals surface area contributed by atoms with Crippen molar-refractivity contribution in [3.63, 3.8) is 0 Å². The number of hydrogen-bond acceptors (Lipinski definition) is 4. The van der Waals surface area contributed by atoms with Gasteiger partial charge in [0.15, 0.2) is 0 Å². The van der Waals surface area contributed by atoms with Crippen molar-refractivity contribution in [3.05, 3.63) is 40.5 Å². The Labute approximate surface area is 153 Å². The number of para-hydroxylation sites is 1. The maximum absolute atomic E-state index is 13.2. The fourth-order valence-electron chi connectivity index (χ4n) is 2.13. The summed E-state index contributed by atoms with van der Waals surface area (Å²) in [7, 11) is 0. The predicted octanol–water partition coefficient (Wildman–Crippen LogP) is 5.45. The molecule has 0 bridgehead atoms. The van der Waals surface area contributed by atoms with Crippen molar-refractivity contribution < 1.29 is 17.9 Å². The van der Waals surface area contributed by atoms with E-state index in [1.807, 2.05) is 45.0 Å². The lowest BCUT2D eigenvalue weighted by atomic mass is 10.2. The minimum Gasteiger partial charge on any atom is -0.477 e. The normalized spacial score (nSPS) is 11.7. The summed E-state index contributed by atoms with van der Waals surface area (Å²) in [5, 5.41) is 0. The first-order valence-electron chi connectivity index (χ1n) is 7.83. The van der Waals surface area contributed by atoms with Crippen LogP contribution in [0.1, 0.15) is 26.3 Å². The third kappa shape index (κ3) is 4.84. The minimum atomic E-state index is -4.57. The van der Waals surface area contributed by atoms with Crippen LogP contribution in [0.4, 0.5) is 24.8 Å². The minimum absolute atomic E-state index is 0.0741. The molecule has 25 heavy (non-hydrogen) atoms. The topological polar surface area (TPSA) is 38.2 Å². The summed E-state index contributed by atoms with van der Waals surface area (Å²) in [6.45, 7) is 6.21. The van der Waals surface area contributed by atoms with Crippen LogP contribution in [0.25, 0.3) is 0 Å². The second-order valence-electron chi connectivity index (χ2n) is 5.79. The van der Waals surface area contributed by atoms with E-state index >= 15 is 0 Å². The summed E-state index contributed by atoms with van der Waals surface area (Å²) in [5.74, 6) is -0.220. The Morgan fingerprint density at radius 1 is 1.24 bits per heavy atom. The van der Waals surface area contributed by atoms with Gasteiger partial charge in [-0.1, -0.05) is 26.0 Å². The molecule has 0 unspecified atom stereocenters. The van der Waals surface area contributed by atoms with E-state index in [0.29, 0.717) is 6.54 Å². The SMILES string of the molecule is CCN(c1ncc(C(F)(F)F)c(OCC(C)C)n1)c1ccccc1Br. The Bertz CT molecular complexity index is 723. The molecule has 8 heteroatoms. The average molecular weight is 418 g/mol. The van der Waals surface area contributed by atoms with E-state index in [1.165, 1.54) is 0 Å². The van der Waals surface area contributed by atoms with Gasteiger partial charge in [-0.25, -0.2) is 4.98 Å². The maximum Gasteiger partial charge on any atom is 0.423 e. The highest BCUT2D eigenvalue weighted by molar-refractivity contribution is 9.10. The molecule has 0 aliphatic carbocycles. The van der Waals surface area contributed by atoms with Gasteiger partial charge in [-0.05, 0) is 40.9 Å². The number of aromatic nitrogens is 2. The number of benzene rings is 1. The number of rotatable bonds is 6. The summed E-state index contributed by atoms with van der Waals surface area (Å²) in [6, 6.07) is 7.37. The summed E-state index contributed by atoms with van der Waals surface area (Å²) >= 11 is 3.44. The van der Waals surface area contributed by atoms with Gasteiger partial charge in [0.05, 0.1) is 12.3 Å². The molecule has 0 amide bonds. The maximum atomic E-state index is 13.2. The van der Waals surface area contributed by atoms with Crippen molar-refractivity contribution in [1.82, 2.24) is 9.97 Å². The number of anilines is 2. The monoisotopic (exact) mass is 417 g/mol. The molecular weight excluding hydrogens is 399 g/mol. The fourth-order valence-corrected chi connectivity index (χ4v) is 2.63. The molecule has 136 valence electrons. The van der Waals surface area contributed by atoms with E-state index < -0.39 is 17.6 Å². The third-order valence-corrected chi connectivity index (χ3v) is 3.97. The van der Waals surface area contributed by atoms with Gasteiger partial charge >= 0.3 is 6.18 Å². The Hall–Kier alpha value is -1.83. The Morgan fingerprint density at radius 3 is 2.48 bits per heavy atom. The first-order chi connectivity index (χ1) is 11.7. The molecule has 0 atom stereocenters. The highest BCUT2D eigenvalue weighted by Crippen LogP contribution is 2.37. The van der Waals surface area contributed by atoms with E-state index in [4.69, 9.17) is 4.74 Å². The van der Waals surface area contributed by atoms with Gasteiger partial charge < -0.3 is 9.64 Å². The first-order valence-corrected chi connectivity index (χ1v) is 8.62. The lowest BCUT2D eigenvalue weighted by Crippen LogP contribution is -2.21. The summed E-state index contributed by atoms with van der Waals surface area (Å²) in [5.41, 5.74) is -0.209. The largest absolute Gasteiger partial charge is 0.477 e. The molecule has 0 saturated heterocycles. The third-order valence-electron chi connectivity index (χ3n) is 3.30. The Balaban J connectivity index is 2.47. The van der Waals surface area contributed by atoms with Crippen LogP contribution in [0.5, 0.6) is 5.88 Å². The second-order valence-corrected chi connectivity index (χ2v) is 6.64. The molecule has 0 aliphatic rings. The highest BCUT2D eigenvalue weighted by Gasteiger charge is 2.36. The lowest BCUT2D eigenvalue weighted by molar-refractivity contribution is -0.139. The van der Waals surface area contributed by atoms with E-state index in [-0.39, 0.29) is 18.5 Å². The molecule has 2 aromatic rings. The molecule has 1 aromatic heterocycles. The van der Waals surface area contributed by atoms with Crippen molar-refractivity contribution in [2.45, 2.75) is 26.9 Å². The second kappa shape index (κ2) is 8.03. The van der Waals surface area contributed by atoms with Gasteiger partial charge in [-0.2, -0.15) is 18.2 Å². The zero-order chi connectivity index (χ0) is 18.6. The standard InChI is InChI=1S/C17H19BrF3N3O/c1-4-24(14-8-6-5-7-13(14)18)16-22-9-12(17(19,20)21)15(23-16)25-10-11(2)3/h5-9,11H,4,10H2,1-3H3. The van der Waals surface area contributed by atoms with Crippen LogP contribution in [0.2, 0.25) is 0 Å². The molecule has 1 aromatic carbocycles. The van der Waals surface area contributed by atoms with Crippen LogP contribution < -0.4 is 9.64 Å². The van der Waals surface area contributed by atoms with Crippen molar-refractivity contribution in [3.8, 4) is 5.88 Å². The van der Waals surface area contributed by atoms with E-state index in [9.17, 15) is 13.2 Å². The number of alkyl halides is 3. The zero-order valence-corrected chi connectivity index (χ0v) is 15.7. The quantitative estimate of drug-likeness (QED) is 0.626. The van der Waals surface area contributed by atoms with E-state index in [2.05, 4.69) is 25.9 Å². The molecule has 0 spiro atoms. The summed E-state index contributed by atoms with van der Waals surface area (Å²) in [4.78, 5) is 9.68. The molecule has 0 aliphatic heterocycles. The van der Waals surface area contributed by atoms with Gasteiger partial charge in [0.25, 0.3) is 0 Å². The van der Waals surface area contributed by atoms with Gasteiger partial charge in [-0.15, -0.1) is 0 Å². The Kier molecular flexibility index (Phi) is 6.26. The van der Waals surface area contributed by atoms with E-state index in [1.54, 1.807) is 4.90 Å². The van der Waals surface area contributed by atoms with E-state index in [0.717, 1.165) is 16.4 Å². The number of halogens is 4. The predicted molar refractivity (Wildman–Crippen MR) is 94.2 cm³/mol. The average Bonchev–Trinajstić information content (AvgIpc) is 2.54. The Morgan fingerprint density at radius 2 is 1.92 bits per heavy atom. The number of nitrogens with zero attached hydrogens (tertiary/aromatic N) is 3. The van der Waals surface area contributed by atoms with Crippen LogP contribution in [-0.2, 0) is 6.18 Å². The van der Waals surface area contributed by atoms with Gasteiger partial charge in [0, 0.05) is 17.2 Å². The number of ether oxygens (including phenoxy) is 1. The van der Waals surface area contributed by atoms with Crippen molar-refractivity contribution in [1.29, 1.82) is 0 Å². The molecule has 4 nitrogen and oxygen atoms in total. The van der Waals surface area contributed by atoms with Crippen LogP contribution in [0.3, 0.4) is 0 Å². The molecular formula is C17H19BrF3N3O. The first kappa shape index (κ1) is 19.5. The molecule has 0 N–H and O–H groups in total. The summed E-state index contributed by atoms with van der Waals surface area (Å²) < 4.78 is 45.7. The fraction of sp³-hybridized carbons (Fsp3) is 0.412. The van der Waals surface area contributed by atoms with Crippen LogP contribution in [0.15, 0.2) is 34.9 Å².